The van der Waals surface area contributed by atoms with Gasteiger partial charge in [-0.1, -0.05) is 12.1 Å². The molecule has 0 heterocycles. The van der Waals surface area contributed by atoms with Crippen LogP contribution in [0.1, 0.15) is 26.3 Å². The van der Waals surface area contributed by atoms with E-state index in [-0.39, 0.29) is 16.8 Å². The van der Waals surface area contributed by atoms with Crippen LogP contribution in [0, 0.1) is 0 Å². The predicted octanol–water partition coefficient (Wildman–Crippen LogP) is 1.44. The largest absolute Gasteiger partial charge is 0.478 e. The van der Waals surface area contributed by atoms with E-state index in [4.69, 9.17) is 15.4 Å². The summed E-state index contributed by atoms with van der Waals surface area (Å²) in [4.78, 5) is 23.1. The van der Waals surface area contributed by atoms with Gasteiger partial charge in [0.2, 0.25) is 0 Å². The maximum Gasteiger partial charge on any atom is 0.336 e. The topological polar surface area (TPSA) is 135 Å². The van der Waals surface area contributed by atoms with Crippen molar-refractivity contribution < 1.29 is 27.7 Å². The van der Waals surface area contributed by atoms with E-state index in [1.54, 1.807) is 12.1 Å². The Kier molecular flexibility index (Phi) is 3.98. The van der Waals surface area contributed by atoms with Gasteiger partial charge in [-0.15, -0.1) is 0 Å². The summed E-state index contributed by atoms with van der Waals surface area (Å²) in [6.07, 6.45) is 0. The lowest BCUT2D eigenvalue weighted by atomic mass is 9.97. The van der Waals surface area contributed by atoms with Gasteiger partial charge in [0.05, 0.1) is 10.5 Å². The summed E-state index contributed by atoms with van der Waals surface area (Å²) in [7, 11) is -4.57. The fourth-order valence-electron chi connectivity index (χ4n) is 1.91. The van der Waals surface area contributed by atoms with Crippen LogP contribution in [0.2, 0.25) is 0 Å². The van der Waals surface area contributed by atoms with E-state index >= 15 is 0 Å². The molecule has 0 aliphatic rings. The van der Waals surface area contributed by atoms with Gasteiger partial charge in [-0.2, -0.15) is 8.42 Å². The van der Waals surface area contributed by atoms with Gasteiger partial charge >= 0.3 is 5.97 Å². The van der Waals surface area contributed by atoms with Gasteiger partial charge in [0.15, 0.2) is 5.78 Å². The molecule has 22 heavy (non-hydrogen) atoms. The Morgan fingerprint density at radius 3 is 2.14 bits per heavy atom. The Morgan fingerprint density at radius 2 is 1.59 bits per heavy atom. The molecule has 2 aromatic rings. The molecule has 7 nitrogen and oxygen atoms in total. The average molecular weight is 321 g/mol. The third-order valence-corrected chi connectivity index (χ3v) is 3.82. The third-order valence-electron chi connectivity index (χ3n) is 2.97. The number of para-hydroxylation sites is 1. The van der Waals surface area contributed by atoms with E-state index in [2.05, 4.69) is 0 Å². The summed E-state index contributed by atoms with van der Waals surface area (Å²) < 4.78 is 31.1. The van der Waals surface area contributed by atoms with E-state index in [0.29, 0.717) is 0 Å². The number of aromatic carboxylic acids is 1. The summed E-state index contributed by atoms with van der Waals surface area (Å²) in [6, 6.07) is 8.81. The zero-order chi connectivity index (χ0) is 16.5. The molecule has 0 aliphatic heterocycles. The maximum absolute atomic E-state index is 12.4. The Labute approximate surface area is 125 Å². The quantitative estimate of drug-likeness (QED) is 0.440. The molecule has 0 aliphatic carbocycles. The molecule has 0 saturated carbocycles. The van der Waals surface area contributed by atoms with Crippen molar-refractivity contribution in [2.45, 2.75) is 4.90 Å². The van der Waals surface area contributed by atoms with Crippen LogP contribution < -0.4 is 5.73 Å². The molecule has 0 fully saturated rings. The molecule has 114 valence electrons. The number of nitrogen functional groups attached to an aromatic ring is 1. The first-order valence-corrected chi connectivity index (χ1v) is 7.40. The van der Waals surface area contributed by atoms with Gasteiger partial charge in [0.25, 0.3) is 10.1 Å². The van der Waals surface area contributed by atoms with Crippen molar-refractivity contribution in [1.29, 1.82) is 0 Å². The summed E-state index contributed by atoms with van der Waals surface area (Å²) >= 11 is 0. The fraction of sp³-hybridized carbons (Fsp3) is 0. The summed E-state index contributed by atoms with van der Waals surface area (Å²) in [5, 5.41) is 9.16. The minimum Gasteiger partial charge on any atom is -0.478 e. The number of anilines is 1. The third kappa shape index (κ3) is 2.97. The standard InChI is InChI=1S/C14H11NO6S/c15-12-4-2-1-3-10(12)13(16)9-6-5-8(22(19,20)21)7-11(9)14(17)18/h1-7H,15H2,(H,17,18)(H,19,20,21). The van der Waals surface area contributed by atoms with Crippen molar-refractivity contribution in [2.75, 3.05) is 5.73 Å². The molecule has 0 amide bonds. The number of hydrogen-bond acceptors (Lipinski definition) is 5. The zero-order valence-electron chi connectivity index (χ0n) is 11.1. The van der Waals surface area contributed by atoms with Gasteiger partial charge in [-0.3, -0.25) is 9.35 Å². The highest BCUT2D eigenvalue weighted by molar-refractivity contribution is 7.85. The minimum atomic E-state index is -4.57. The second-order valence-corrected chi connectivity index (χ2v) is 5.83. The number of hydrogen-bond donors (Lipinski definition) is 3. The van der Waals surface area contributed by atoms with Gasteiger partial charge in [-0.05, 0) is 30.3 Å². The van der Waals surface area contributed by atoms with Crippen LogP contribution in [0.25, 0.3) is 0 Å². The Hall–Kier alpha value is -2.71. The first-order chi connectivity index (χ1) is 10.2. The lowest BCUT2D eigenvalue weighted by molar-refractivity contribution is 0.0692. The number of carboxylic acid groups (broad SMARTS) is 1. The van der Waals surface area contributed by atoms with Crippen molar-refractivity contribution in [2.24, 2.45) is 0 Å². The van der Waals surface area contributed by atoms with E-state index in [9.17, 15) is 18.0 Å². The highest BCUT2D eigenvalue weighted by Gasteiger charge is 2.22. The number of carboxylic acids is 1. The summed E-state index contributed by atoms with van der Waals surface area (Å²) in [5.41, 5.74) is 5.19. The van der Waals surface area contributed by atoms with Crippen molar-refractivity contribution in [1.82, 2.24) is 0 Å². The molecular formula is C14H11NO6S. The molecule has 8 heteroatoms. The average Bonchev–Trinajstić information content (AvgIpc) is 2.45. The molecule has 0 aromatic heterocycles. The monoisotopic (exact) mass is 321 g/mol. The van der Waals surface area contributed by atoms with Crippen molar-refractivity contribution in [3.05, 3.63) is 59.2 Å². The maximum atomic E-state index is 12.4. The fourth-order valence-corrected chi connectivity index (χ4v) is 2.41. The van der Waals surface area contributed by atoms with E-state index in [0.717, 1.165) is 18.2 Å². The molecule has 0 atom stereocenters. The lowest BCUT2D eigenvalue weighted by Gasteiger charge is -2.08. The minimum absolute atomic E-state index is 0.101. The van der Waals surface area contributed by atoms with Gasteiger partial charge < -0.3 is 10.8 Å². The molecule has 0 spiro atoms. The number of nitrogens with two attached hydrogens (primary N) is 1. The Bertz CT molecular complexity index is 873. The molecule has 0 unspecified atom stereocenters. The molecule has 0 bridgehead atoms. The normalized spacial score (nSPS) is 11.1. The van der Waals surface area contributed by atoms with E-state index in [1.165, 1.54) is 12.1 Å². The first-order valence-electron chi connectivity index (χ1n) is 5.96. The van der Waals surface area contributed by atoms with Crippen molar-refractivity contribution in [3.8, 4) is 0 Å². The number of rotatable bonds is 4. The zero-order valence-corrected chi connectivity index (χ0v) is 11.9. The second-order valence-electron chi connectivity index (χ2n) is 4.40. The highest BCUT2D eigenvalue weighted by atomic mass is 32.2. The SMILES string of the molecule is Nc1ccccc1C(=O)c1ccc(S(=O)(=O)O)cc1C(=O)O. The van der Waals surface area contributed by atoms with E-state index < -0.39 is 32.3 Å². The Balaban J connectivity index is 2.64. The summed E-state index contributed by atoms with van der Waals surface area (Å²) in [5.74, 6) is -2.15. The smallest absolute Gasteiger partial charge is 0.336 e. The van der Waals surface area contributed by atoms with Crippen LogP contribution in [0.5, 0.6) is 0 Å². The first kappa shape index (κ1) is 15.7. The number of carbonyl (C=O) groups excluding carboxylic acids is 1. The van der Waals surface area contributed by atoms with E-state index in [1.807, 2.05) is 0 Å². The van der Waals surface area contributed by atoms with Crippen LogP contribution in [0.4, 0.5) is 5.69 Å². The number of ketones is 1. The number of carbonyl (C=O) groups is 2. The van der Waals surface area contributed by atoms with Crippen LogP contribution in [0.3, 0.4) is 0 Å². The van der Waals surface area contributed by atoms with Crippen LogP contribution in [-0.2, 0) is 10.1 Å². The van der Waals surface area contributed by atoms with Crippen LogP contribution >= 0.6 is 0 Å². The number of benzene rings is 2. The Morgan fingerprint density at radius 1 is 0.955 bits per heavy atom. The van der Waals surface area contributed by atoms with Gasteiger partial charge in [-0.25, -0.2) is 4.79 Å². The molecule has 0 radical (unpaired) electrons. The second kappa shape index (κ2) is 5.58. The molecule has 2 rings (SSSR count). The van der Waals surface area contributed by atoms with Crippen LogP contribution in [0.15, 0.2) is 47.4 Å². The van der Waals surface area contributed by atoms with Gasteiger partial charge in [0.1, 0.15) is 0 Å². The molecule has 0 saturated heterocycles. The predicted molar refractivity (Wildman–Crippen MR) is 77.5 cm³/mol. The van der Waals surface area contributed by atoms with Gasteiger partial charge in [0, 0.05) is 16.8 Å². The van der Waals surface area contributed by atoms with Crippen molar-refractivity contribution in [3.63, 3.8) is 0 Å². The molecule has 2 aromatic carbocycles. The molecule has 4 N–H and O–H groups in total. The summed E-state index contributed by atoms with van der Waals surface area (Å²) in [6.45, 7) is 0. The molecular weight excluding hydrogens is 310 g/mol. The lowest BCUT2D eigenvalue weighted by Crippen LogP contribution is -2.13. The van der Waals surface area contributed by atoms with Crippen LogP contribution in [-0.4, -0.2) is 29.8 Å². The van der Waals surface area contributed by atoms with Crippen molar-refractivity contribution >= 4 is 27.6 Å². The highest BCUT2D eigenvalue weighted by Crippen LogP contribution is 2.22.